The number of hydrogen-bond acceptors (Lipinski definition) is 4. The van der Waals surface area contributed by atoms with Gasteiger partial charge in [0.05, 0.1) is 28.9 Å². The van der Waals surface area contributed by atoms with E-state index in [4.69, 9.17) is 0 Å². The molecule has 26 heavy (non-hydrogen) atoms. The number of carbonyl (C=O) groups excluding carboxylic acids is 1. The van der Waals surface area contributed by atoms with Crippen LogP contribution in [0.15, 0.2) is 36.5 Å². The summed E-state index contributed by atoms with van der Waals surface area (Å²) in [6, 6.07) is 9.50. The summed E-state index contributed by atoms with van der Waals surface area (Å²) in [7, 11) is -3.17. The van der Waals surface area contributed by atoms with Gasteiger partial charge in [0.25, 0.3) is 0 Å². The first-order valence-corrected chi connectivity index (χ1v) is 10.8. The van der Waals surface area contributed by atoms with Crippen LogP contribution in [-0.4, -0.2) is 35.3 Å². The van der Waals surface area contributed by atoms with Crippen molar-refractivity contribution in [3.63, 3.8) is 0 Å². The Kier molecular flexibility index (Phi) is 5.76. The van der Waals surface area contributed by atoms with Gasteiger partial charge in [-0.25, -0.2) is 13.4 Å². The molecular weight excluding hydrogens is 350 g/mol. The lowest BCUT2D eigenvalue weighted by Crippen LogP contribution is -2.30. The van der Waals surface area contributed by atoms with Crippen LogP contribution in [0.5, 0.6) is 0 Å². The Morgan fingerprint density at radius 1 is 1.27 bits per heavy atom. The zero-order chi connectivity index (χ0) is 18.6. The van der Waals surface area contributed by atoms with Crippen molar-refractivity contribution in [2.75, 3.05) is 5.75 Å². The summed E-state index contributed by atoms with van der Waals surface area (Å²) in [4.78, 5) is 19.7. The molecule has 0 saturated heterocycles. The van der Waals surface area contributed by atoms with Crippen molar-refractivity contribution in [1.29, 1.82) is 0 Å². The minimum absolute atomic E-state index is 0.00454. The molecular formula is C19H25N3O3S. The Bertz CT molecular complexity index is 840. The monoisotopic (exact) mass is 375 g/mol. The maximum absolute atomic E-state index is 12.3. The van der Waals surface area contributed by atoms with Gasteiger partial charge in [-0.15, -0.1) is 0 Å². The van der Waals surface area contributed by atoms with Gasteiger partial charge in [-0.3, -0.25) is 4.79 Å². The molecule has 0 radical (unpaired) electrons. The topological polar surface area (TPSA) is 91.9 Å². The molecule has 1 aliphatic carbocycles. The fourth-order valence-electron chi connectivity index (χ4n) is 3.35. The number of sulfone groups is 1. The fourth-order valence-corrected chi connectivity index (χ4v) is 5.21. The second kappa shape index (κ2) is 8.03. The van der Waals surface area contributed by atoms with Gasteiger partial charge in [0, 0.05) is 6.42 Å². The summed E-state index contributed by atoms with van der Waals surface area (Å²) in [6.45, 7) is 1.83. The lowest BCUT2D eigenvalue weighted by molar-refractivity contribution is -0.121. The van der Waals surface area contributed by atoms with Crippen LogP contribution in [0.2, 0.25) is 0 Å². The predicted octanol–water partition coefficient (Wildman–Crippen LogP) is 3.00. The molecule has 1 saturated carbocycles. The number of hydrogen-bond donors (Lipinski definition) is 2. The van der Waals surface area contributed by atoms with Gasteiger partial charge in [0.15, 0.2) is 9.84 Å². The van der Waals surface area contributed by atoms with Crippen molar-refractivity contribution < 1.29 is 13.2 Å². The second-order valence-electron chi connectivity index (χ2n) is 6.86. The molecule has 2 N–H and O–H groups in total. The largest absolute Gasteiger partial charge is 0.346 e. The molecule has 2 aromatic rings. The molecule has 7 heteroatoms. The van der Waals surface area contributed by atoms with Crippen LogP contribution in [0, 0.1) is 0 Å². The number of rotatable bonds is 7. The standard InChI is InChI=1S/C19H25N3O3S/c1-14(19-20-13-17(22-19)15-7-3-2-4-8-15)21-18(23)11-12-26(24,25)16-9-5-6-10-16/h2-4,7-8,13-14,16H,5-6,9-12H2,1H3,(H,20,22)(H,21,23)/t14-/m0/s1. The zero-order valence-electron chi connectivity index (χ0n) is 14.9. The van der Waals surface area contributed by atoms with Gasteiger partial charge >= 0.3 is 0 Å². The highest BCUT2D eigenvalue weighted by molar-refractivity contribution is 7.92. The van der Waals surface area contributed by atoms with Crippen LogP contribution >= 0.6 is 0 Å². The highest BCUT2D eigenvalue weighted by atomic mass is 32.2. The smallest absolute Gasteiger partial charge is 0.221 e. The van der Waals surface area contributed by atoms with E-state index in [1.165, 1.54) is 0 Å². The number of nitrogens with one attached hydrogen (secondary N) is 2. The number of nitrogens with zero attached hydrogens (tertiary/aromatic N) is 1. The third-order valence-electron chi connectivity index (χ3n) is 4.89. The normalized spacial score (nSPS) is 16.5. The van der Waals surface area contributed by atoms with Crippen molar-refractivity contribution in [2.24, 2.45) is 0 Å². The van der Waals surface area contributed by atoms with E-state index in [1.54, 1.807) is 6.20 Å². The lowest BCUT2D eigenvalue weighted by Gasteiger charge is -2.13. The Labute approximate surface area is 154 Å². The molecule has 1 atom stereocenters. The van der Waals surface area contributed by atoms with Gasteiger partial charge < -0.3 is 10.3 Å². The summed E-state index contributed by atoms with van der Waals surface area (Å²) in [5.41, 5.74) is 1.90. The average Bonchev–Trinajstić information content (AvgIpc) is 3.33. The number of aromatic nitrogens is 2. The average molecular weight is 375 g/mol. The SMILES string of the molecule is C[C@H](NC(=O)CCS(=O)(=O)C1CCCC1)c1ncc(-c2ccccc2)[nH]1. The molecule has 1 aliphatic rings. The summed E-state index contributed by atoms with van der Waals surface area (Å²) < 4.78 is 24.5. The van der Waals surface area contributed by atoms with Gasteiger partial charge in [-0.1, -0.05) is 43.2 Å². The highest BCUT2D eigenvalue weighted by Crippen LogP contribution is 2.25. The van der Waals surface area contributed by atoms with Crippen molar-refractivity contribution in [3.8, 4) is 11.3 Å². The third-order valence-corrected chi connectivity index (χ3v) is 7.15. The minimum atomic E-state index is -3.17. The first-order valence-electron chi connectivity index (χ1n) is 9.07. The van der Waals surface area contributed by atoms with Crippen LogP contribution in [0.4, 0.5) is 0 Å². The third kappa shape index (κ3) is 4.52. The number of aromatic amines is 1. The van der Waals surface area contributed by atoms with E-state index in [-0.39, 0.29) is 29.4 Å². The van der Waals surface area contributed by atoms with E-state index in [9.17, 15) is 13.2 Å². The molecule has 1 aromatic heterocycles. The molecule has 0 aliphatic heterocycles. The second-order valence-corrected chi connectivity index (χ2v) is 9.26. The number of amides is 1. The van der Waals surface area contributed by atoms with Crippen LogP contribution in [0.1, 0.15) is 50.9 Å². The zero-order valence-corrected chi connectivity index (χ0v) is 15.8. The fraction of sp³-hybridized carbons (Fsp3) is 0.474. The summed E-state index contributed by atoms with van der Waals surface area (Å²) >= 11 is 0. The number of benzene rings is 1. The number of H-pyrrole nitrogens is 1. The van der Waals surface area contributed by atoms with Crippen molar-refractivity contribution in [1.82, 2.24) is 15.3 Å². The molecule has 1 aromatic carbocycles. The van der Waals surface area contributed by atoms with E-state index >= 15 is 0 Å². The van der Waals surface area contributed by atoms with E-state index in [0.29, 0.717) is 5.82 Å². The molecule has 3 rings (SSSR count). The van der Waals surface area contributed by atoms with Crippen LogP contribution in [0.3, 0.4) is 0 Å². The molecule has 0 bridgehead atoms. The van der Waals surface area contributed by atoms with Crippen molar-refractivity contribution >= 4 is 15.7 Å². The summed E-state index contributed by atoms with van der Waals surface area (Å²) in [5, 5.41) is 2.57. The highest BCUT2D eigenvalue weighted by Gasteiger charge is 2.29. The van der Waals surface area contributed by atoms with E-state index < -0.39 is 9.84 Å². The summed E-state index contributed by atoms with van der Waals surface area (Å²) in [5.74, 6) is 0.302. The van der Waals surface area contributed by atoms with Crippen LogP contribution in [0.25, 0.3) is 11.3 Å². The molecule has 1 fully saturated rings. The quantitative estimate of drug-likeness (QED) is 0.778. The first-order chi connectivity index (χ1) is 12.5. The molecule has 1 amide bonds. The van der Waals surface area contributed by atoms with E-state index in [1.807, 2.05) is 37.3 Å². The number of carbonyl (C=O) groups is 1. The Balaban J connectivity index is 1.54. The minimum Gasteiger partial charge on any atom is -0.346 e. The molecule has 0 spiro atoms. The Morgan fingerprint density at radius 3 is 2.65 bits per heavy atom. The molecule has 0 unspecified atom stereocenters. The number of imidazole rings is 1. The van der Waals surface area contributed by atoms with E-state index in [2.05, 4.69) is 15.3 Å². The first kappa shape index (κ1) is 18.6. The predicted molar refractivity (Wildman–Crippen MR) is 101 cm³/mol. The van der Waals surface area contributed by atoms with Crippen LogP contribution in [-0.2, 0) is 14.6 Å². The molecule has 6 nitrogen and oxygen atoms in total. The van der Waals surface area contributed by atoms with Crippen molar-refractivity contribution in [3.05, 3.63) is 42.4 Å². The molecule has 1 heterocycles. The van der Waals surface area contributed by atoms with Gasteiger partial charge in [-0.2, -0.15) is 0 Å². The van der Waals surface area contributed by atoms with Gasteiger partial charge in [0.2, 0.25) is 5.91 Å². The molecule has 140 valence electrons. The van der Waals surface area contributed by atoms with Gasteiger partial charge in [-0.05, 0) is 25.3 Å². The van der Waals surface area contributed by atoms with E-state index in [0.717, 1.165) is 36.9 Å². The summed E-state index contributed by atoms with van der Waals surface area (Å²) in [6.07, 6.45) is 5.13. The maximum atomic E-state index is 12.3. The van der Waals surface area contributed by atoms with Gasteiger partial charge in [0.1, 0.15) is 5.82 Å². The van der Waals surface area contributed by atoms with Crippen molar-refractivity contribution in [2.45, 2.75) is 50.3 Å². The maximum Gasteiger partial charge on any atom is 0.221 e. The lowest BCUT2D eigenvalue weighted by atomic mass is 10.2. The van der Waals surface area contributed by atoms with Crippen LogP contribution < -0.4 is 5.32 Å². The Morgan fingerprint density at radius 2 is 1.96 bits per heavy atom. The Hall–Kier alpha value is -2.15.